The van der Waals surface area contributed by atoms with Crippen molar-refractivity contribution in [3.63, 3.8) is 0 Å². The van der Waals surface area contributed by atoms with Gasteiger partial charge in [-0.15, -0.1) is 0 Å². The molecular weight excluding hydrogens is 279 g/mol. The van der Waals surface area contributed by atoms with Crippen LogP contribution < -0.4 is 0 Å². The maximum atomic E-state index is 11.0. The van der Waals surface area contributed by atoms with Gasteiger partial charge in [0.15, 0.2) is 0 Å². The number of carboxylic acid groups (broad SMARTS) is 1. The molecule has 0 amide bonds. The van der Waals surface area contributed by atoms with E-state index in [0.29, 0.717) is 6.61 Å². The van der Waals surface area contributed by atoms with Gasteiger partial charge in [0.05, 0.1) is 6.61 Å². The van der Waals surface area contributed by atoms with E-state index in [0.717, 1.165) is 25.0 Å². The van der Waals surface area contributed by atoms with Crippen molar-refractivity contribution < 1.29 is 19.4 Å². The van der Waals surface area contributed by atoms with Gasteiger partial charge in [0.2, 0.25) is 0 Å². The summed E-state index contributed by atoms with van der Waals surface area (Å²) in [5, 5.41) is 8.33. The zero-order chi connectivity index (χ0) is 15.1. The Hall–Kier alpha value is -0.320. The van der Waals surface area contributed by atoms with Gasteiger partial charge in [-0.25, -0.2) is 9.59 Å². The average Bonchev–Trinajstić information content (AvgIpc) is 2.42. The van der Waals surface area contributed by atoms with Crippen molar-refractivity contribution in [2.45, 2.75) is 71.1 Å². The van der Waals surface area contributed by atoms with Gasteiger partial charge in [0, 0.05) is 12.2 Å². The number of aliphatic carboxylic acids is 1. The number of unbranched alkanes of at least 4 members (excludes halogenated alkanes) is 9. The predicted molar refractivity (Wildman–Crippen MR) is 86.7 cm³/mol. The van der Waals surface area contributed by atoms with Gasteiger partial charge in [0.25, 0.3) is 0 Å². The second-order valence-electron chi connectivity index (χ2n) is 5.02. The van der Waals surface area contributed by atoms with Crippen molar-refractivity contribution >= 4 is 41.5 Å². The summed E-state index contributed by atoms with van der Waals surface area (Å²) in [6.45, 7) is 2.60. The minimum atomic E-state index is -1.14. The van der Waals surface area contributed by atoms with Crippen LogP contribution in [0.3, 0.4) is 0 Å². The Morgan fingerprint density at radius 1 is 0.857 bits per heavy atom. The van der Waals surface area contributed by atoms with Gasteiger partial charge in [0.1, 0.15) is 0 Å². The number of ether oxygens (including phenoxy) is 1. The van der Waals surface area contributed by atoms with Crippen LogP contribution in [0.4, 0.5) is 0 Å². The molecule has 0 saturated heterocycles. The Morgan fingerprint density at radius 2 is 1.33 bits per heavy atom. The molecule has 0 unspecified atom stereocenters. The molecule has 0 aromatic carbocycles. The topological polar surface area (TPSA) is 63.6 Å². The first-order valence-corrected chi connectivity index (χ1v) is 7.74. The second kappa shape index (κ2) is 17.7. The fourth-order valence-corrected chi connectivity index (χ4v) is 1.95. The normalized spacial score (nSPS) is 10.3. The molecule has 0 aromatic heterocycles. The van der Waals surface area contributed by atoms with Crippen molar-refractivity contribution in [3.05, 3.63) is 12.2 Å². The number of rotatable bonds is 13. The van der Waals surface area contributed by atoms with Crippen molar-refractivity contribution in [1.82, 2.24) is 0 Å². The van der Waals surface area contributed by atoms with Gasteiger partial charge in [-0.1, -0.05) is 64.7 Å². The number of carbonyl (C=O) groups is 2. The average molecular weight is 308 g/mol. The third-order valence-corrected chi connectivity index (χ3v) is 3.10. The van der Waals surface area contributed by atoms with Crippen LogP contribution in [0.2, 0.25) is 0 Å². The molecule has 4 nitrogen and oxygen atoms in total. The summed E-state index contributed by atoms with van der Waals surface area (Å²) in [7, 11) is 0. The Labute approximate surface area is 150 Å². The molecular formula is C16H29NaO4. The van der Waals surface area contributed by atoms with E-state index in [-0.39, 0.29) is 29.6 Å². The van der Waals surface area contributed by atoms with Gasteiger partial charge in [-0.2, -0.15) is 0 Å². The number of carboxylic acids is 1. The van der Waals surface area contributed by atoms with E-state index in [1.807, 2.05) is 0 Å². The Morgan fingerprint density at radius 3 is 1.81 bits per heavy atom. The molecule has 0 heterocycles. The maximum absolute atomic E-state index is 11.0. The number of hydrogen-bond acceptors (Lipinski definition) is 3. The molecule has 21 heavy (non-hydrogen) atoms. The van der Waals surface area contributed by atoms with Crippen molar-refractivity contribution in [2.24, 2.45) is 0 Å². The molecule has 118 valence electrons. The summed E-state index contributed by atoms with van der Waals surface area (Å²) in [5.74, 6) is -1.72. The molecule has 0 aliphatic rings. The minimum absolute atomic E-state index is 0. The molecule has 0 atom stereocenters. The van der Waals surface area contributed by atoms with Crippen LogP contribution >= 0.6 is 0 Å². The number of hydrogen-bond donors (Lipinski definition) is 1. The van der Waals surface area contributed by atoms with Crippen LogP contribution in [0.25, 0.3) is 0 Å². The third-order valence-electron chi connectivity index (χ3n) is 3.10. The van der Waals surface area contributed by atoms with E-state index in [1.54, 1.807) is 0 Å². The van der Waals surface area contributed by atoms with Crippen molar-refractivity contribution in [3.8, 4) is 0 Å². The molecule has 0 spiro atoms. The summed E-state index contributed by atoms with van der Waals surface area (Å²) in [6, 6.07) is 0. The SMILES string of the molecule is CCCCCCCCCCCCOC(=O)/C=C/C(=O)O.[NaH]. The van der Waals surface area contributed by atoms with Gasteiger partial charge < -0.3 is 9.84 Å². The molecule has 0 bridgehead atoms. The Balaban J connectivity index is 0. The van der Waals surface area contributed by atoms with Gasteiger partial charge >= 0.3 is 41.5 Å². The van der Waals surface area contributed by atoms with Crippen molar-refractivity contribution in [2.75, 3.05) is 6.61 Å². The van der Waals surface area contributed by atoms with E-state index in [1.165, 1.54) is 51.4 Å². The first-order chi connectivity index (χ1) is 9.66. The molecule has 0 aliphatic heterocycles. The summed E-state index contributed by atoms with van der Waals surface area (Å²) in [4.78, 5) is 21.2. The van der Waals surface area contributed by atoms with Crippen LogP contribution in [0, 0.1) is 0 Å². The molecule has 0 aliphatic carbocycles. The first-order valence-electron chi connectivity index (χ1n) is 7.74. The summed E-state index contributed by atoms with van der Waals surface area (Å²) in [6.07, 6.45) is 14.0. The van der Waals surface area contributed by atoms with Crippen LogP contribution in [-0.2, 0) is 14.3 Å². The predicted octanol–water partition coefficient (Wildman–Crippen LogP) is 3.44. The summed E-state index contributed by atoms with van der Waals surface area (Å²) >= 11 is 0. The van der Waals surface area contributed by atoms with E-state index >= 15 is 0 Å². The number of esters is 1. The molecule has 0 fully saturated rings. The quantitative estimate of drug-likeness (QED) is 0.245. The van der Waals surface area contributed by atoms with Crippen LogP contribution in [0.5, 0.6) is 0 Å². The van der Waals surface area contributed by atoms with Crippen molar-refractivity contribution in [1.29, 1.82) is 0 Å². The standard InChI is InChI=1S/C16H28O4.Na.H/c1-2-3-4-5-6-7-8-9-10-11-14-20-16(19)13-12-15(17)18;;/h12-13H,2-11,14H2,1H3,(H,17,18);;/b13-12+;;. The number of carbonyl (C=O) groups excluding carboxylic acids is 1. The molecule has 0 radical (unpaired) electrons. The van der Waals surface area contributed by atoms with E-state index in [2.05, 4.69) is 6.92 Å². The van der Waals surface area contributed by atoms with Gasteiger partial charge in [-0.3, -0.25) is 0 Å². The summed E-state index contributed by atoms with van der Waals surface area (Å²) in [5.41, 5.74) is 0. The zero-order valence-corrected chi connectivity index (χ0v) is 12.6. The molecule has 5 heteroatoms. The van der Waals surface area contributed by atoms with E-state index in [9.17, 15) is 9.59 Å². The zero-order valence-electron chi connectivity index (χ0n) is 12.6. The van der Waals surface area contributed by atoms with Crippen LogP contribution in [-0.4, -0.2) is 53.2 Å². The van der Waals surface area contributed by atoms with E-state index in [4.69, 9.17) is 9.84 Å². The third kappa shape index (κ3) is 19.7. The first kappa shape index (κ1) is 23.0. The van der Waals surface area contributed by atoms with Crippen LogP contribution in [0.15, 0.2) is 12.2 Å². The Bertz CT molecular complexity index is 290. The molecule has 0 saturated carbocycles. The second-order valence-corrected chi connectivity index (χ2v) is 5.02. The van der Waals surface area contributed by atoms with Crippen LogP contribution in [0.1, 0.15) is 71.1 Å². The summed E-state index contributed by atoms with van der Waals surface area (Å²) < 4.78 is 4.88. The molecule has 0 aromatic rings. The van der Waals surface area contributed by atoms with E-state index < -0.39 is 11.9 Å². The Kier molecular flexibility index (Phi) is 19.4. The fraction of sp³-hybridized carbons (Fsp3) is 0.750. The molecule has 0 rings (SSSR count). The fourth-order valence-electron chi connectivity index (χ4n) is 1.95. The monoisotopic (exact) mass is 308 g/mol. The molecule has 1 N–H and O–H groups in total. The van der Waals surface area contributed by atoms with Gasteiger partial charge in [-0.05, 0) is 6.42 Å².